The Morgan fingerprint density at radius 3 is 1.47 bits per heavy atom. The van der Waals surface area contributed by atoms with E-state index in [4.69, 9.17) is 11.6 Å². The molecule has 248 valence electrons. The second-order valence-corrected chi connectivity index (χ2v) is 13.9. The molecule has 0 bridgehead atoms. The van der Waals surface area contributed by atoms with E-state index in [0.29, 0.717) is 5.92 Å². The predicted octanol–water partition coefficient (Wildman–Crippen LogP) is 13.7. The van der Waals surface area contributed by atoms with Gasteiger partial charge in [-0.1, -0.05) is 160 Å². The van der Waals surface area contributed by atoms with Crippen LogP contribution in [0.25, 0.3) is 0 Å². The van der Waals surface area contributed by atoms with Gasteiger partial charge in [-0.3, -0.25) is 0 Å². The van der Waals surface area contributed by atoms with Crippen molar-refractivity contribution < 1.29 is 0 Å². The number of unbranched alkanes of at least 4 members (excludes halogenated alkanes) is 16. The number of hydrogen-bond donors (Lipinski definition) is 0. The maximum Gasteiger partial charge on any atom is 0.0655 e. The molecular formula is C40H71ClN2. The second-order valence-electron chi connectivity index (χ2n) is 13.4. The molecule has 0 amide bonds. The van der Waals surface area contributed by atoms with Crippen molar-refractivity contribution in [3.8, 4) is 6.07 Å². The van der Waals surface area contributed by atoms with Crippen LogP contribution >= 0.6 is 11.6 Å². The zero-order valence-corrected chi connectivity index (χ0v) is 29.8. The Bertz CT molecular complexity index is 735. The molecule has 0 heterocycles. The molecule has 0 N–H and O–H groups in total. The molecule has 0 aliphatic rings. The van der Waals surface area contributed by atoms with Crippen LogP contribution in [-0.4, -0.2) is 24.5 Å². The fourth-order valence-electron chi connectivity index (χ4n) is 6.57. The molecule has 2 unspecified atom stereocenters. The molecule has 0 saturated heterocycles. The maximum atomic E-state index is 9.68. The Labute approximate surface area is 274 Å². The molecule has 1 rings (SSSR count). The zero-order valence-electron chi connectivity index (χ0n) is 29.0. The van der Waals surface area contributed by atoms with Crippen molar-refractivity contribution in [3.63, 3.8) is 0 Å². The zero-order chi connectivity index (χ0) is 31.2. The summed E-state index contributed by atoms with van der Waals surface area (Å²) in [6.45, 7) is 10.6. The van der Waals surface area contributed by atoms with E-state index in [1.54, 1.807) is 0 Å². The van der Waals surface area contributed by atoms with Crippen LogP contribution in [0.4, 0.5) is 0 Å². The molecule has 0 spiro atoms. The highest BCUT2D eigenvalue weighted by Crippen LogP contribution is 2.30. The highest BCUT2D eigenvalue weighted by molar-refractivity contribution is 6.30. The minimum Gasteiger partial charge on any atom is -0.303 e. The van der Waals surface area contributed by atoms with E-state index in [1.165, 1.54) is 166 Å². The van der Waals surface area contributed by atoms with Crippen molar-refractivity contribution in [3.05, 3.63) is 34.9 Å². The van der Waals surface area contributed by atoms with Crippen molar-refractivity contribution in [1.29, 1.82) is 5.26 Å². The van der Waals surface area contributed by atoms with Crippen LogP contribution in [0.5, 0.6) is 0 Å². The molecule has 2 nitrogen and oxygen atoms in total. The Morgan fingerprint density at radius 1 is 0.535 bits per heavy atom. The summed E-state index contributed by atoms with van der Waals surface area (Å²) in [4.78, 5) is 2.80. The molecule has 1 aromatic rings. The third-order valence-corrected chi connectivity index (χ3v) is 9.72. The highest BCUT2D eigenvalue weighted by Gasteiger charge is 2.15. The average Bonchev–Trinajstić information content (AvgIpc) is 3.02. The molecule has 0 fully saturated rings. The quantitative estimate of drug-likeness (QED) is 0.0777. The van der Waals surface area contributed by atoms with Gasteiger partial charge in [0.15, 0.2) is 0 Å². The van der Waals surface area contributed by atoms with E-state index >= 15 is 0 Å². The Balaban J connectivity index is 2.58. The van der Waals surface area contributed by atoms with Gasteiger partial charge in [0.1, 0.15) is 0 Å². The van der Waals surface area contributed by atoms with E-state index in [1.807, 2.05) is 0 Å². The average molecular weight is 615 g/mol. The lowest BCUT2D eigenvalue weighted by molar-refractivity contribution is 0.251. The van der Waals surface area contributed by atoms with Crippen molar-refractivity contribution in [2.24, 2.45) is 5.92 Å². The summed E-state index contributed by atoms with van der Waals surface area (Å²) in [5.41, 5.74) is 1.43. The van der Waals surface area contributed by atoms with Gasteiger partial charge in [-0.05, 0) is 88.2 Å². The molecule has 1 aromatic carbocycles. The minimum atomic E-state index is 0.228. The molecule has 2 atom stereocenters. The van der Waals surface area contributed by atoms with Gasteiger partial charge in [-0.15, -0.1) is 0 Å². The lowest BCUT2D eigenvalue weighted by Crippen LogP contribution is -2.27. The van der Waals surface area contributed by atoms with Gasteiger partial charge in [-0.25, -0.2) is 0 Å². The normalized spacial score (nSPS) is 12.9. The Morgan fingerprint density at radius 2 is 0.953 bits per heavy atom. The molecule has 0 aromatic heterocycles. The van der Waals surface area contributed by atoms with Crippen molar-refractivity contribution >= 4 is 11.6 Å². The summed E-state index contributed by atoms with van der Waals surface area (Å²) < 4.78 is 0. The van der Waals surface area contributed by atoms with Crippen molar-refractivity contribution in [2.45, 2.75) is 187 Å². The van der Waals surface area contributed by atoms with Crippen LogP contribution in [-0.2, 0) is 0 Å². The smallest absolute Gasteiger partial charge is 0.0655 e. The lowest BCUT2D eigenvalue weighted by Gasteiger charge is -2.24. The molecular weight excluding hydrogens is 544 g/mol. The summed E-state index contributed by atoms with van der Waals surface area (Å²) in [6.07, 6.45) is 33.0. The predicted molar refractivity (Wildman–Crippen MR) is 192 cm³/mol. The van der Waals surface area contributed by atoms with Crippen molar-refractivity contribution in [2.75, 3.05) is 19.6 Å². The van der Waals surface area contributed by atoms with Gasteiger partial charge in [0, 0.05) is 10.9 Å². The minimum absolute atomic E-state index is 0.228. The fourth-order valence-corrected chi connectivity index (χ4v) is 6.70. The van der Waals surface area contributed by atoms with E-state index in [2.05, 4.69) is 56.0 Å². The second kappa shape index (κ2) is 29.7. The topological polar surface area (TPSA) is 27.0 Å². The van der Waals surface area contributed by atoms with Crippen LogP contribution in [0.1, 0.15) is 193 Å². The van der Waals surface area contributed by atoms with Gasteiger partial charge in [0.25, 0.3) is 0 Å². The van der Waals surface area contributed by atoms with Crippen LogP contribution in [0.3, 0.4) is 0 Å². The van der Waals surface area contributed by atoms with Gasteiger partial charge in [0.05, 0.1) is 6.07 Å². The molecule has 3 heteroatoms. The first kappa shape index (κ1) is 40.0. The number of nitrogens with zero attached hydrogens (tertiary/aromatic N) is 2. The summed E-state index contributed by atoms with van der Waals surface area (Å²) in [5.74, 6) is 0.798. The molecule has 0 aliphatic carbocycles. The van der Waals surface area contributed by atoms with Gasteiger partial charge in [-0.2, -0.15) is 5.26 Å². The number of halogens is 1. The fraction of sp³-hybridized carbons (Fsp3) is 0.825. The number of benzene rings is 1. The van der Waals surface area contributed by atoms with E-state index in [0.717, 1.165) is 24.3 Å². The summed E-state index contributed by atoms with van der Waals surface area (Å²) in [7, 11) is 0. The van der Waals surface area contributed by atoms with Gasteiger partial charge in [0.2, 0.25) is 0 Å². The van der Waals surface area contributed by atoms with Crippen LogP contribution in [0, 0.1) is 17.2 Å². The van der Waals surface area contributed by atoms with Crippen molar-refractivity contribution in [1.82, 2.24) is 4.90 Å². The molecule has 0 radical (unpaired) electrons. The largest absolute Gasteiger partial charge is 0.303 e. The van der Waals surface area contributed by atoms with E-state index < -0.39 is 0 Å². The monoisotopic (exact) mass is 615 g/mol. The SMILES string of the molecule is CCCCCCCCCCN(CCCCCCCCCC)CCCC(CCCC(C#N)CCCCC)c1ccc(Cl)cc1. The van der Waals surface area contributed by atoms with Crippen LogP contribution in [0.2, 0.25) is 5.02 Å². The first-order valence-corrected chi connectivity index (χ1v) is 19.4. The standard InChI is InChI=1S/C40H71ClN2/c1-4-7-10-12-14-16-18-21-33-43(34-22-19-17-15-13-11-8-5-2)35-24-28-38(39-29-31-40(41)32-30-39)27-23-26-37(36-42)25-20-9-6-3/h29-32,37-38H,4-28,33-35H2,1-3H3. The number of nitriles is 1. The maximum absolute atomic E-state index is 9.68. The summed E-state index contributed by atoms with van der Waals surface area (Å²) >= 11 is 6.25. The third-order valence-electron chi connectivity index (χ3n) is 9.47. The van der Waals surface area contributed by atoms with Crippen LogP contribution < -0.4 is 0 Å². The number of hydrogen-bond acceptors (Lipinski definition) is 2. The Hall–Kier alpha value is -1.04. The lowest BCUT2D eigenvalue weighted by atomic mass is 9.87. The van der Waals surface area contributed by atoms with Crippen LogP contribution in [0.15, 0.2) is 24.3 Å². The first-order chi connectivity index (χ1) is 21.1. The summed E-state index contributed by atoms with van der Waals surface area (Å²) in [6, 6.07) is 11.2. The third kappa shape index (κ3) is 23.0. The number of rotatable bonds is 31. The van der Waals surface area contributed by atoms with E-state index in [-0.39, 0.29) is 5.92 Å². The molecule has 0 aliphatic heterocycles. The Kier molecular flexibility index (Phi) is 27.6. The first-order valence-electron chi connectivity index (χ1n) is 19.0. The van der Waals surface area contributed by atoms with Gasteiger partial charge >= 0.3 is 0 Å². The van der Waals surface area contributed by atoms with Gasteiger partial charge < -0.3 is 4.90 Å². The summed E-state index contributed by atoms with van der Waals surface area (Å²) in [5, 5.41) is 10.5. The van der Waals surface area contributed by atoms with E-state index in [9.17, 15) is 5.26 Å². The molecule has 0 saturated carbocycles. The highest BCUT2D eigenvalue weighted by atomic mass is 35.5. The molecule has 43 heavy (non-hydrogen) atoms.